The summed E-state index contributed by atoms with van der Waals surface area (Å²) in [6.45, 7) is 0. The maximum Gasteiger partial charge on any atom is 0.247 e. The molecular weight excluding hydrogens is 445 g/mol. The van der Waals surface area contributed by atoms with Gasteiger partial charge < -0.3 is 10.1 Å². The molecule has 0 bridgehead atoms. The zero-order chi connectivity index (χ0) is 22.5. The third kappa shape index (κ3) is 5.00. The predicted molar refractivity (Wildman–Crippen MR) is 129 cm³/mol. The summed E-state index contributed by atoms with van der Waals surface area (Å²) in [4.78, 5) is 17.2. The number of methoxy groups -OCH3 is 1. The third-order valence-corrected chi connectivity index (χ3v) is 6.20. The summed E-state index contributed by atoms with van der Waals surface area (Å²) in [5.74, 6) is 1.09. The summed E-state index contributed by atoms with van der Waals surface area (Å²) in [6, 6.07) is 14.2. The zero-order valence-corrected chi connectivity index (χ0v) is 19.4. The molecule has 2 aromatic carbocycles. The summed E-state index contributed by atoms with van der Waals surface area (Å²) in [5, 5.41) is 3.57. The third-order valence-electron chi connectivity index (χ3n) is 5.66. The average molecular weight is 470 g/mol. The van der Waals surface area contributed by atoms with Crippen molar-refractivity contribution in [3.8, 4) is 11.4 Å². The van der Waals surface area contributed by atoms with Crippen LogP contribution in [0.25, 0.3) is 11.8 Å². The fourth-order valence-corrected chi connectivity index (χ4v) is 4.43. The molecule has 0 saturated carbocycles. The standard InChI is InChI=1S/C25H25Cl2N3O2/c1-32-23-14-17(8-9-22(23)30-12-11-28-25(30)27)13-20(7-4-10-26)24(31)29-21-15-18-5-2-3-6-19(18)16-21/h2-3,5-6,8-9,11-14,21H,4,7,10,15-16H2,1H3,(H,29,31)/b20-13+. The molecule has 0 aliphatic heterocycles. The van der Waals surface area contributed by atoms with E-state index in [1.165, 1.54) is 11.1 Å². The molecule has 0 unspecified atom stereocenters. The van der Waals surface area contributed by atoms with Crippen molar-refractivity contribution < 1.29 is 9.53 Å². The smallest absolute Gasteiger partial charge is 0.247 e. The molecule has 7 heteroatoms. The van der Waals surface area contributed by atoms with Crippen LogP contribution in [-0.2, 0) is 17.6 Å². The van der Waals surface area contributed by atoms with Gasteiger partial charge in [-0.2, -0.15) is 0 Å². The molecule has 1 heterocycles. The number of imidazole rings is 1. The zero-order valence-electron chi connectivity index (χ0n) is 17.9. The van der Waals surface area contributed by atoms with Gasteiger partial charge in [0.2, 0.25) is 11.2 Å². The Kier molecular flexibility index (Phi) is 7.18. The molecular formula is C25H25Cl2N3O2. The van der Waals surface area contributed by atoms with Crippen molar-refractivity contribution in [1.82, 2.24) is 14.9 Å². The first kappa shape index (κ1) is 22.4. The van der Waals surface area contributed by atoms with Crippen molar-refractivity contribution in [3.63, 3.8) is 0 Å². The summed E-state index contributed by atoms with van der Waals surface area (Å²) in [5.41, 5.74) is 4.97. The molecule has 4 rings (SSSR count). The lowest BCUT2D eigenvalue weighted by atomic mass is 10.0. The van der Waals surface area contributed by atoms with E-state index in [0.717, 1.165) is 30.5 Å². The minimum absolute atomic E-state index is 0.0476. The molecule has 1 aliphatic carbocycles. The number of hydrogen-bond acceptors (Lipinski definition) is 3. The number of fused-ring (bicyclic) bond motifs is 1. The number of amides is 1. The number of alkyl halides is 1. The number of hydrogen-bond donors (Lipinski definition) is 1. The molecule has 32 heavy (non-hydrogen) atoms. The Morgan fingerprint density at radius 2 is 2.00 bits per heavy atom. The fraction of sp³-hybridized carbons (Fsp3) is 0.280. The van der Waals surface area contributed by atoms with Crippen molar-refractivity contribution in [2.75, 3.05) is 13.0 Å². The van der Waals surface area contributed by atoms with Gasteiger partial charge in [-0.15, -0.1) is 11.6 Å². The second-order valence-corrected chi connectivity index (χ2v) is 8.52. The minimum Gasteiger partial charge on any atom is -0.495 e. The quantitative estimate of drug-likeness (QED) is 0.363. The molecule has 5 nitrogen and oxygen atoms in total. The largest absolute Gasteiger partial charge is 0.495 e. The summed E-state index contributed by atoms with van der Waals surface area (Å²) >= 11 is 12.1. The number of carbonyl (C=O) groups is 1. The lowest BCUT2D eigenvalue weighted by Gasteiger charge is -2.15. The first-order valence-corrected chi connectivity index (χ1v) is 11.5. The van der Waals surface area contributed by atoms with Crippen LogP contribution in [0.4, 0.5) is 0 Å². The molecule has 1 aromatic heterocycles. The van der Waals surface area contributed by atoms with E-state index >= 15 is 0 Å². The van der Waals surface area contributed by atoms with Crippen LogP contribution in [0.1, 0.15) is 29.5 Å². The summed E-state index contributed by atoms with van der Waals surface area (Å²) in [7, 11) is 1.61. The highest BCUT2D eigenvalue weighted by Crippen LogP contribution is 2.28. The van der Waals surface area contributed by atoms with E-state index in [4.69, 9.17) is 27.9 Å². The van der Waals surface area contributed by atoms with Gasteiger partial charge >= 0.3 is 0 Å². The van der Waals surface area contributed by atoms with E-state index in [0.29, 0.717) is 28.9 Å². The molecule has 0 fully saturated rings. The highest BCUT2D eigenvalue weighted by Gasteiger charge is 2.23. The average Bonchev–Trinajstić information content (AvgIpc) is 3.41. The molecule has 1 N–H and O–H groups in total. The van der Waals surface area contributed by atoms with Gasteiger partial charge in [0.05, 0.1) is 12.8 Å². The van der Waals surface area contributed by atoms with Crippen molar-refractivity contribution in [2.45, 2.75) is 31.7 Å². The van der Waals surface area contributed by atoms with E-state index in [-0.39, 0.29) is 11.9 Å². The van der Waals surface area contributed by atoms with Crippen LogP contribution in [0.5, 0.6) is 5.75 Å². The fourth-order valence-electron chi connectivity index (χ4n) is 4.10. The van der Waals surface area contributed by atoms with Crippen LogP contribution in [0.15, 0.2) is 60.4 Å². The van der Waals surface area contributed by atoms with Crippen LogP contribution >= 0.6 is 23.2 Å². The Labute approximate surface area is 198 Å². The molecule has 0 atom stereocenters. The molecule has 3 aromatic rings. The van der Waals surface area contributed by atoms with Crippen LogP contribution in [0.3, 0.4) is 0 Å². The monoisotopic (exact) mass is 469 g/mol. The number of aromatic nitrogens is 2. The second kappa shape index (κ2) is 10.2. The highest BCUT2D eigenvalue weighted by molar-refractivity contribution is 6.28. The van der Waals surface area contributed by atoms with Gasteiger partial charge in [0.25, 0.3) is 0 Å². The van der Waals surface area contributed by atoms with Crippen LogP contribution in [-0.4, -0.2) is 34.5 Å². The van der Waals surface area contributed by atoms with Gasteiger partial charge in [0, 0.05) is 29.9 Å². The van der Waals surface area contributed by atoms with Crippen LogP contribution in [0.2, 0.25) is 5.28 Å². The lowest BCUT2D eigenvalue weighted by molar-refractivity contribution is -0.118. The summed E-state index contributed by atoms with van der Waals surface area (Å²) in [6.07, 6.45) is 8.36. The highest BCUT2D eigenvalue weighted by atomic mass is 35.5. The molecule has 1 amide bonds. The molecule has 0 spiro atoms. The Morgan fingerprint density at radius 1 is 1.25 bits per heavy atom. The maximum atomic E-state index is 13.1. The van der Waals surface area contributed by atoms with E-state index in [2.05, 4.69) is 22.4 Å². The van der Waals surface area contributed by atoms with Crippen molar-refractivity contribution >= 4 is 35.2 Å². The first-order valence-electron chi connectivity index (χ1n) is 10.6. The van der Waals surface area contributed by atoms with Crippen LogP contribution in [0, 0.1) is 0 Å². The predicted octanol–water partition coefficient (Wildman–Crippen LogP) is 5.22. The van der Waals surface area contributed by atoms with Gasteiger partial charge in [-0.1, -0.05) is 30.3 Å². The first-order chi connectivity index (χ1) is 15.6. The van der Waals surface area contributed by atoms with Crippen molar-refractivity contribution in [1.29, 1.82) is 0 Å². The summed E-state index contributed by atoms with van der Waals surface area (Å²) < 4.78 is 7.32. The number of carbonyl (C=O) groups excluding carboxylic acids is 1. The Bertz CT molecular complexity index is 1110. The molecule has 0 radical (unpaired) electrons. The maximum absolute atomic E-state index is 13.1. The van der Waals surface area contributed by atoms with E-state index < -0.39 is 0 Å². The minimum atomic E-state index is -0.0476. The Morgan fingerprint density at radius 3 is 2.62 bits per heavy atom. The normalized spacial score (nSPS) is 13.8. The number of rotatable bonds is 8. The number of halogens is 2. The Hall–Kier alpha value is -2.76. The molecule has 166 valence electrons. The number of benzene rings is 2. The second-order valence-electron chi connectivity index (χ2n) is 7.81. The van der Waals surface area contributed by atoms with Crippen molar-refractivity contribution in [2.24, 2.45) is 0 Å². The van der Waals surface area contributed by atoms with E-state index in [1.807, 2.05) is 36.4 Å². The van der Waals surface area contributed by atoms with E-state index in [9.17, 15) is 4.79 Å². The van der Waals surface area contributed by atoms with Gasteiger partial charge in [-0.3, -0.25) is 9.36 Å². The van der Waals surface area contributed by atoms with Gasteiger partial charge in [-0.05, 0) is 72.2 Å². The lowest BCUT2D eigenvalue weighted by Crippen LogP contribution is -2.36. The van der Waals surface area contributed by atoms with Gasteiger partial charge in [-0.25, -0.2) is 4.98 Å². The number of nitrogens with zero attached hydrogens (tertiary/aromatic N) is 2. The number of ether oxygens (including phenoxy) is 1. The Balaban J connectivity index is 1.55. The molecule has 0 saturated heterocycles. The SMILES string of the molecule is COc1cc(/C=C(\CCCCl)C(=O)NC2Cc3ccccc3C2)ccc1-n1ccnc1Cl. The van der Waals surface area contributed by atoms with Crippen molar-refractivity contribution in [3.05, 3.63) is 82.4 Å². The number of nitrogens with one attached hydrogen (secondary N) is 1. The van der Waals surface area contributed by atoms with Gasteiger partial charge in [0.1, 0.15) is 5.75 Å². The topological polar surface area (TPSA) is 56.1 Å². The molecule has 1 aliphatic rings. The van der Waals surface area contributed by atoms with Gasteiger partial charge in [0.15, 0.2) is 0 Å². The van der Waals surface area contributed by atoms with Crippen LogP contribution < -0.4 is 10.1 Å². The van der Waals surface area contributed by atoms with E-state index in [1.54, 1.807) is 24.1 Å².